The van der Waals surface area contributed by atoms with Gasteiger partial charge in [0.1, 0.15) is 36.6 Å². The Morgan fingerprint density at radius 2 is 1.77 bits per heavy atom. The van der Waals surface area contributed by atoms with Gasteiger partial charge < -0.3 is 35.6 Å². The summed E-state index contributed by atoms with van der Waals surface area (Å²) >= 11 is 0. The van der Waals surface area contributed by atoms with Crippen LogP contribution in [0.4, 0.5) is 0 Å². The van der Waals surface area contributed by atoms with E-state index in [2.05, 4.69) is 5.32 Å². The van der Waals surface area contributed by atoms with E-state index in [0.717, 1.165) is 11.1 Å². The molecular formula is C22H27NO7. The third kappa shape index (κ3) is 4.24. The second kappa shape index (κ2) is 9.22. The number of benzene rings is 2. The van der Waals surface area contributed by atoms with Gasteiger partial charge >= 0.3 is 0 Å². The number of hydrogen-bond donors (Lipinski definition) is 6. The summed E-state index contributed by atoms with van der Waals surface area (Å²) in [5.74, 6) is -0.191. The summed E-state index contributed by atoms with van der Waals surface area (Å²) in [7, 11) is 1.56. The molecule has 30 heavy (non-hydrogen) atoms. The smallest absolute Gasteiger partial charge is 0.251 e. The van der Waals surface area contributed by atoms with E-state index in [0.29, 0.717) is 16.7 Å². The maximum Gasteiger partial charge on any atom is 0.251 e. The van der Waals surface area contributed by atoms with E-state index in [1.807, 2.05) is 12.1 Å². The fourth-order valence-corrected chi connectivity index (χ4v) is 3.74. The second-order valence-electron chi connectivity index (χ2n) is 7.47. The Hall–Kier alpha value is -2.33. The van der Waals surface area contributed by atoms with E-state index < -0.39 is 43.2 Å². The van der Waals surface area contributed by atoms with Crippen LogP contribution in [0, 0.1) is 6.92 Å². The number of aryl methyl sites for hydroxylation is 1. The lowest BCUT2D eigenvalue weighted by atomic mass is 9.87. The second-order valence-corrected chi connectivity index (χ2v) is 7.47. The van der Waals surface area contributed by atoms with Crippen molar-refractivity contribution in [2.24, 2.45) is 0 Å². The van der Waals surface area contributed by atoms with Crippen molar-refractivity contribution < 1.29 is 35.1 Å². The number of hydrogen-bond acceptors (Lipinski definition) is 7. The summed E-state index contributed by atoms with van der Waals surface area (Å²) in [6, 6.07) is 12.4. The molecule has 1 aliphatic rings. The van der Waals surface area contributed by atoms with Crippen LogP contribution in [0.5, 0.6) is 0 Å². The Kier molecular flexibility index (Phi) is 6.87. The summed E-state index contributed by atoms with van der Waals surface area (Å²) < 4.78 is 5.47. The van der Waals surface area contributed by atoms with Crippen LogP contribution >= 0.6 is 0 Å². The quantitative estimate of drug-likeness (QED) is 0.399. The van der Waals surface area contributed by atoms with Crippen molar-refractivity contribution in [1.82, 2.24) is 5.32 Å². The highest BCUT2D eigenvalue weighted by atomic mass is 16.6. The van der Waals surface area contributed by atoms with Gasteiger partial charge in [-0.3, -0.25) is 4.79 Å². The average molecular weight is 417 g/mol. The highest BCUT2D eigenvalue weighted by Gasteiger charge is 2.46. The van der Waals surface area contributed by atoms with Crippen molar-refractivity contribution in [2.45, 2.75) is 43.5 Å². The minimum Gasteiger partial charge on any atom is -0.394 e. The van der Waals surface area contributed by atoms with Crippen LogP contribution in [0.15, 0.2) is 42.5 Å². The first-order valence-electron chi connectivity index (χ1n) is 9.70. The highest BCUT2D eigenvalue weighted by molar-refractivity contribution is 5.95. The summed E-state index contributed by atoms with van der Waals surface area (Å²) in [6.07, 6.45) is -8.16. The van der Waals surface area contributed by atoms with Crippen molar-refractivity contribution in [3.8, 4) is 11.1 Å². The van der Waals surface area contributed by atoms with Gasteiger partial charge in [-0.25, -0.2) is 0 Å². The maximum absolute atomic E-state index is 11.9. The average Bonchev–Trinajstić information content (AvgIpc) is 2.76. The number of rotatable bonds is 5. The first kappa shape index (κ1) is 22.4. The normalized spacial score (nSPS) is 27.5. The highest BCUT2D eigenvalue weighted by Crippen LogP contribution is 2.33. The Labute approximate surface area is 174 Å². The standard InChI is InChI=1S/C22H27NO7/c1-11-8-13(12-4-3-5-14(9-12)22(29)23-2)6-7-15(11)17(25)21-20(28)19(27)18(26)16(10-24)30-21/h3-9,16-21,24-28H,10H2,1-2H3,(H,23,29)/t16?,17-,18?,19?,20?,21?/m1/s1. The van der Waals surface area contributed by atoms with Gasteiger partial charge in [0.05, 0.1) is 6.61 Å². The van der Waals surface area contributed by atoms with E-state index in [4.69, 9.17) is 4.74 Å². The van der Waals surface area contributed by atoms with Crippen molar-refractivity contribution in [2.75, 3.05) is 13.7 Å². The SMILES string of the molecule is CNC(=O)c1cccc(-c2ccc([C@@H](O)C3OC(CO)C(O)C(O)C3O)c(C)c2)c1. The predicted molar refractivity (Wildman–Crippen MR) is 109 cm³/mol. The third-order valence-electron chi connectivity index (χ3n) is 5.51. The molecule has 0 saturated carbocycles. The lowest BCUT2D eigenvalue weighted by molar-refractivity contribution is -0.250. The van der Waals surface area contributed by atoms with Crippen LogP contribution in [0.2, 0.25) is 0 Å². The molecule has 0 aliphatic carbocycles. The topological polar surface area (TPSA) is 139 Å². The number of nitrogens with one attached hydrogen (secondary N) is 1. The number of carbonyl (C=O) groups is 1. The lowest BCUT2D eigenvalue weighted by Gasteiger charge is -2.42. The molecular weight excluding hydrogens is 390 g/mol. The molecule has 0 aromatic heterocycles. The van der Waals surface area contributed by atoms with Gasteiger partial charge in [0.15, 0.2) is 0 Å². The van der Waals surface area contributed by atoms with Crippen molar-refractivity contribution >= 4 is 5.91 Å². The van der Waals surface area contributed by atoms with Crippen LogP contribution in [0.1, 0.15) is 27.6 Å². The first-order valence-corrected chi connectivity index (χ1v) is 9.70. The third-order valence-corrected chi connectivity index (χ3v) is 5.51. The van der Waals surface area contributed by atoms with Gasteiger partial charge in [-0.2, -0.15) is 0 Å². The fourth-order valence-electron chi connectivity index (χ4n) is 3.74. The molecule has 5 unspecified atom stereocenters. The molecule has 0 radical (unpaired) electrons. The molecule has 6 atom stereocenters. The maximum atomic E-state index is 11.9. The molecule has 8 heteroatoms. The summed E-state index contributed by atoms with van der Waals surface area (Å²) in [5, 5.41) is 52.9. The fraction of sp³-hybridized carbons (Fsp3) is 0.409. The minimum absolute atomic E-state index is 0.191. The number of aliphatic hydroxyl groups excluding tert-OH is 5. The van der Waals surface area contributed by atoms with E-state index in [1.54, 1.807) is 44.3 Å². The number of ether oxygens (including phenoxy) is 1. The van der Waals surface area contributed by atoms with Gasteiger partial charge in [0.2, 0.25) is 0 Å². The summed E-state index contributed by atoms with van der Waals surface area (Å²) in [4.78, 5) is 11.9. The molecule has 162 valence electrons. The molecule has 0 bridgehead atoms. The zero-order valence-electron chi connectivity index (χ0n) is 16.8. The molecule has 3 rings (SSSR count). The lowest BCUT2D eigenvalue weighted by Crippen LogP contribution is -2.59. The minimum atomic E-state index is -1.55. The van der Waals surface area contributed by atoms with Crippen LogP contribution < -0.4 is 5.32 Å². The Balaban J connectivity index is 1.87. The number of carbonyl (C=O) groups excluding carboxylic acids is 1. The van der Waals surface area contributed by atoms with Gasteiger partial charge in [-0.15, -0.1) is 0 Å². The Morgan fingerprint density at radius 3 is 2.40 bits per heavy atom. The van der Waals surface area contributed by atoms with E-state index in [-0.39, 0.29) is 5.91 Å². The monoisotopic (exact) mass is 417 g/mol. The van der Waals surface area contributed by atoms with Crippen molar-refractivity contribution in [3.05, 3.63) is 59.2 Å². The largest absolute Gasteiger partial charge is 0.394 e. The van der Waals surface area contributed by atoms with Crippen LogP contribution in [-0.4, -0.2) is 75.6 Å². The number of amides is 1. The van der Waals surface area contributed by atoms with Gasteiger partial charge in [-0.05, 0) is 41.3 Å². The molecule has 6 N–H and O–H groups in total. The van der Waals surface area contributed by atoms with Crippen LogP contribution in [-0.2, 0) is 4.74 Å². The molecule has 2 aromatic rings. The number of aliphatic hydroxyl groups is 5. The molecule has 8 nitrogen and oxygen atoms in total. The molecule has 0 spiro atoms. The molecule has 1 heterocycles. The van der Waals surface area contributed by atoms with Crippen LogP contribution in [0.25, 0.3) is 11.1 Å². The van der Waals surface area contributed by atoms with Crippen LogP contribution in [0.3, 0.4) is 0 Å². The van der Waals surface area contributed by atoms with E-state index in [9.17, 15) is 30.3 Å². The molecule has 1 amide bonds. The zero-order chi connectivity index (χ0) is 22.0. The Morgan fingerprint density at radius 1 is 1.07 bits per heavy atom. The predicted octanol–water partition coefficient (Wildman–Crippen LogP) is -0.103. The first-order chi connectivity index (χ1) is 14.3. The Bertz CT molecular complexity index is 901. The zero-order valence-corrected chi connectivity index (χ0v) is 16.8. The summed E-state index contributed by atoms with van der Waals surface area (Å²) in [5.41, 5.74) is 3.38. The van der Waals surface area contributed by atoms with E-state index in [1.165, 1.54) is 0 Å². The van der Waals surface area contributed by atoms with Crippen molar-refractivity contribution in [3.63, 3.8) is 0 Å². The van der Waals surface area contributed by atoms with Gasteiger partial charge in [-0.1, -0.05) is 30.3 Å². The molecule has 1 fully saturated rings. The van der Waals surface area contributed by atoms with Gasteiger partial charge in [0.25, 0.3) is 5.91 Å². The summed E-state index contributed by atoms with van der Waals surface area (Å²) in [6.45, 7) is 1.22. The molecule has 1 saturated heterocycles. The van der Waals surface area contributed by atoms with E-state index >= 15 is 0 Å². The van der Waals surface area contributed by atoms with Gasteiger partial charge in [0, 0.05) is 12.6 Å². The molecule has 2 aromatic carbocycles. The van der Waals surface area contributed by atoms with Crippen molar-refractivity contribution in [1.29, 1.82) is 0 Å². The molecule has 1 aliphatic heterocycles.